The van der Waals surface area contributed by atoms with Crippen molar-refractivity contribution >= 4 is 65.9 Å². The molecule has 2 saturated heterocycles. The molecule has 218 valence electrons. The highest BCUT2D eigenvalue weighted by atomic mass is 31.1. The highest BCUT2D eigenvalue weighted by Gasteiger charge is 2.48. The lowest BCUT2D eigenvalue weighted by Gasteiger charge is -2.57. The van der Waals surface area contributed by atoms with Crippen LogP contribution in [0.5, 0.6) is 0 Å². The van der Waals surface area contributed by atoms with E-state index in [2.05, 4.69) is 141 Å². The van der Waals surface area contributed by atoms with Gasteiger partial charge in [-0.25, -0.2) is 0 Å². The fourth-order valence-electron chi connectivity index (χ4n) is 7.49. The van der Waals surface area contributed by atoms with Crippen molar-refractivity contribution in [1.29, 1.82) is 0 Å². The molecule has 1 aliphatic carbocycles. The first-order valence-electron chi connectivity index (χ1n) is 15.9. The average molecular weight is 625 g/mol. The minimum Gasteiger partial charge on any atom is -0.112 e. The Morgan fingerprint density at radius 1 is 0.455 bits per heavy atom. The van der Waals surface area contributed by atoms with Crippen LogP contribution in [0.15, 0.2) is 121 Å². The molecule has 4 heterocycles. The van der Waals surface area contributed by atoms with E-state index in [1.54, 1.807) is 12.8 Å². The van der Waals surface area contributed by atoms with Gasteiger partial charge in [0.05, 0.1) is 0 Å². The van der Waals surface area contributed by atoms with Crippen LogP contribution in [-0.2, 0) is 19.0 Å². The zero-order valence-corrected chi connectivity index (χ0v) is 28.6. The monoisotopic (exact) mass is 624 g/mol. The minimum absolute atomic E-state index is 0.00224. The molecule has 3 fully saturated rings. The minimum atomic E-state index is -0.0967. The third-order valence-corrected chi connectivity index (χ3v) is 17.4. The van der Waals surface area contributed by atoms with Crippen molar-refractivity contribution in [2.75, 3.05) is 13.3 Å². The van der Waals surface area contributed by atoms with E-state index in [1.807, 2.05) is 0 Å². The number of rotatable bonds is 0. The second-order valence-corrected chi connectivity index (χ2v) is 20.1. The lowest BCUT2D eigenvalue weighted by Crippen LogP contribution is -2.45. The molecule has 0 nitrogen and oxygen atoms in total. The largest absolute Gasteiger partial charge is 0.112 e. The Labute approximate surface area is 265 Å². The van der Waals surface area contributed by atoms with Gasteiger partial charge < -0.3 is 0 Å². The van der Waals surface area contributed by atoms with E-state index >= 15 is 0 Å². The molecular formula is C41H39P3. The molecule has 0 N–H and O–H groups in total. The van der Waals surface area contributed by atoms with Crippen molar-refractivity contribution < 1.29 is 0 Å². The zero-order valence-electron chi connectivity index (χ0n) is 25.9. The standard InChI is InChI=1S/C23H19P.C13H11P.C5H9P/c1-24-14-18-12-10-16-6-2-4-8-20(16)22(18)23-19(15-24)13-11-17-7-3-5-9-21(17)23;1-14-12-8-4-2-6-10(12)11-7-3-5-9-13(11)14;1-6-4-2-5(6)3-4/h2-13H,14-15H2,1H3;2-9H,1H3;4-5H,2-3H2,1H3. The molecule has 3 aliphatic heterocycles. The Balaban J connectivity index is 0.000000120. The summed E-state index contributed by atoms with van der Waals surface area (Å²) in [5.41, 5.74) is 8.49. The number of benzene rings is 6. The van der Waals surface area contributed by atoms with Crippen LogP contribution >= 0.6 is 23.4 Å². The lowest BCUT2D eigenvalue weighted by molar-refractivity contribution is 0.452. The van der Waals surface area contributed by atoms with Crippen LogP contribution in [0.3, 0.4) is 0 Å². The summed E-state index contributed by atoms with van der Waals surface area (Å²) in [6.07, 6.45) is 5.64. The second-order valence-electron chi connectivity index (χ2n) is 12.9. The Bertz CT molecular complexity index is 2000. The predicted octanol–water partition coefficient (Wildman–Crippen LogP) is 12.9. The third kappa shape index (κ3) is 4.92. The van der Waals surface area contributed by atoms with Crippen LogP contribution in [0.25, 0.3) is 53.7 Å². The number of hydrogen-bond donors (Lipinski definition) is 0. The van der Waals surface area contributed by atoms with Gasteiger partial charge in [-0.2, -0.15) is 0 Å². The quantitative estimate of drug-likeness (QED) is 0.147. The Hall–Kier alpha value is -3.00. The van der Waals surface area contributed by atoms with E-state index in [9.17, 15) is 0 Å². The summed E-state index contributed by atoms with van der Waals surface area (Å²) in [6, 6.07) is 44.6. The van der Waals surface area contributed by atoms with Crippen molar-refractivity contribution in [3.8, 4) is 11.1 Å². The van der Waals surface area contributed by atoms with Crippen LogP contribution in [0.1, 0.15) is 24.0 Å². The maximum atomic E-state index is 2.44. The fourth-order valence-corrected chi connectivity index (χ4v) is 13.4. The summed E-state index contributed by atoms with van der Waals surface area (Å²) in [5, 5.41) is 11.4. The van der Waals surface area contributed by atoms with Crippen molar-refractivity contribution in [2.45, 2.75) is 36.5 Å². The van der Waals surface area contributed by atoms with Gasteiger partial charge in [0.15, 0.2) is 0 Å². The molecular weight excluding hydrogens is 585 g/mol. The van der Waals surface area contributed by atoms with Crippen molar-refractivity contribution in [1.82, 2.24) is 0 Å². The molecule has 0 atom stereocenters. The van der Waals surface area contributed by atoms with E-state index in [1.165, 1.54) is 88.4 Å². The van der Waals surface area contributed by atoms with E-state index in [0.29, 0.717) is 7.92 Å². The van der Waals surface area contributed by atoms with Crippen LogP contribution in [0, 0.1) is 0 Å². The molecule has 0 amide bonds. The van der Waals surface area contributed by atoms with Crippen molar-refractivity contribution in [3.63, 3.8) is 0 Å². The Morgan fingerprint density at radius 2 is 0.841 bits per heavy atom. The number of fused-ring (bicyclic) bond motifs is 10. The molecule has 7 aromatic rings. The van der Waals surface area contributed by atoms with Crippen LogP contribution in [0.4, 0.5) is 0 Å². The molecule has 0 spiro atoms. The first-order chi connectivity index (χ1) is 21.6. The second kappa shape index (κ2) is 11.7. The van der Waals surface area contributed by atoms with Gasteiger partial charge in [0.25, 0.3) is 0 Å². The molecule has 44 heavy (non-hydrogen) atoms. The molecule has 1 saturated carbocycles. The van der Waals surface area contributed by atoms with Gasteiger partial charge >= 0.3 is 0 Å². The summed E-state index contributed by atoms with van der Waals surface area (Å²) in [6.45, 7) is 7.23. The van der Waals surface area contributed by atoms with Gasteiger partial charge in [0.1, 0.15) is 0 Å². The molecule has 2 bridgehead atoms. The van der Waals surface area contributed by atoms with Gasteiger partial charge in [0.2, 0.25) is 0 Å². The molecule has 0 radical (unpaired) electrons. The van der Waals surface area contributed by atoms with Gasteiger partial charge in [-0.15, -0.1) is 23.4 Å². The van der Waals surface area contributed by atoms with Crippen molar-refractivity contribution in [3.05, 3.63) is 132 Å². The fraction of sp³-hybridized carbons (Fsp3) is 0.220. The van der Waals surface area contributed by atoms with Crippen LogP contribution < -0.4 is 0 Å². The van der Waals surface area contributed by atoms with E-state index < -0.39 is 0 Å². The third-order valence-electron chi connectivity index (χ3n) is 10.2. The van der Waals surface area contributed by atoms with Crippen LogP contribution in [-0.4, -0.2) is 24.6 Å². The van der Waals surface area contributed by atoms with Gasteiger partial charge in [-0.05, 0) is 111 Å². The SMILES string of the molecule is CP1C2CC1C2.CP1Cc2ccc3ccccc3c2-c2c(ccc3ccccc23)C1.Cp1c2ccccc2c2ccccc21. The van der Waals surface area contributed by atoms with Gasteiger partial charge in [0, 0.05) is 10.2 Å². The zero-order chi connectivity index (χ0) is 29.8. The maximum absolute atomic E-state index is 2.44. The van der Waals surface area contributed by atoms with Gasteiger partial charge in [-0.1, -0.05) is 121 Å². The van der Waals surface area contributed by atoms with Crippen LogP contribution in [0.2, 0.25) is 0 Å². The summed E-state index contributed by atoms with van der Waals surface area (Å²) < 4.78 is 0. The molecule has 0 unspecified atom stereocenters. The molecule has 11 rings (SSSR count). The highest BCUT2D eigenvalue weighted by molar-refractivity contribution is 7.62. The van der Waals surface area contributed by atoms with E-state index in [0.717, 1.165) is 0 Å². The lowest BCUT2D eigenvalue weighted by atomic mass is 9.88. The summed E-state index contributed by atoms with van der Waals surface area (Å²) in [4.78, 5) is 0. The molecule has 1 aromatic heterocycles. The number of aryl methyl sites for hydroxylation is 1. The molecule has 6 aromatic carbocycles. The summed E-state index contributed by atoms with van der Waals surface area (Å²) >= 11 is 0. The summed E-state index contributed by atoms with van der Waals surface area (Å²) in [5.74, 6) is 0. The highest BCUT2D eigenvalue weighted by Crippen LogP contribution is 2.70. The average Bonchev–Trinajstić information content (AvgIpc) is 3.22. The normalized spacial score (nSPS) is 19.9. The summed E-state index contributed by atoms with van der Waals surface area (Å²) in [7, 11) is 0.519. The van der Waals surface area contributed by atoms with E-state index in [4.69, 9.17) is 0 Å². The number of hydrogen-bond acceptors (Lipinski definition) is 0. The van der Waals surface area contributed by atoms with E-state index in [-0.39, 0.29) is 15.5 Å². The first-order valence-corrected chi connectivity index (χ1v) is 21.8. The maximum Gasteiger partial charge on any atom is 0.00211 e. The Morgan fingerprint density at radius 3 is 1.25 bits per heavy atom. The predicted molar refractivity (Wildman–Crippen MR) is 202 cm³/mol. The Kier molecular flexibility index (Phi) is 7.59. The smallest absolute Gasteiger partial charge is 0.00211 e. The topological polar surface area (TPSA) is 0 Å². The van der Waals surface area contributed by atoms with Gasteiger partial charge in [-0.3, -0.25) is 0 Å². The molecule has 4 aliphatic rings. The van der Waals surface area contributed by atoms with Crippen molar-refractivity contribution in [2.24, 2.45) is 6.66 Å². The first kappa shape index (κ1) is 28.5. The molecule has 3 heteroatoms.